The Balaban J connectivity index is 1.88. The van der Waals surface area contributed by atoms with Crippen LogP contribution in [0.4, 0.5) is 17.5 Å². The molecule has 1 aliphatic heterocycles. The quantitative estimate of drug-likeness (QED) is 0.819. The molecule has 116 valence electrons. The second-order valence-corrected chi connectivity index (χ2v) is 5.63. The van der Waals surface area contributed by atoms with E-state index in [-0.39, 0.29) is 0 Å². The maximum atomic E-state index is 4.77. The number of benzene rings is 1. The van der Waals surface area contributed by atoms with Crippen molar-refractivity contribution in [3.63, 3.8) is 0 Å². The minimum atomic E-state index is 0.741. The molecule has 2 heterocycles. The van der Waals surface area contributed by atoms with Crippen LogP contribution in [-0.4, -0.2) is 34.8 Å². The van der Waals surface area contributed by atoms with Crippen molar-refractivity contribution in [3.05, 3.63) is 36.0 Å². The highest BCUT2D eigenvalue weighted by molar-refractivity contribution is 5.67. The van der Waals surface area contributed by atoms with E-state index in [9.17, 15) is 0 Å². The van der Waals surface area contributed by atoms with E-state index in [1.54, 1.807) is 6.20 Å². The predicted molar refractivity (Wildman–Crippen MR) is 89.8 cm³/mol. The zero-order valence-corrected chi connectivity index (χ0v) is 13.4. The smallest absolute Gasteiger partial charge is 0.247 e. The van der Waals surface area contributed by atoms with Crippen LogP contribution >= 0.6 is 0 Å². The summed E-state index contributed by atoms with van der Waals surface area (Å²) in [6, 6.07) is 8.51. The molecule has 0 aliphatic carbocycles. The number of aromatic nitrogens is 3. The second-order valence-electron chi connectivity index (χ2n) is 5.63. The maximum absolute atomic E-state index is 4.77. The summed E-state index contributed by atoms with van der Waals surface area (Å²) in [5.74, 6) is 1.64. The average Bonchev–Trinajstić information content (AvgIpc) is 2.99. The number of rotatable bonds is 6. The lowest BCUT2D eigenvalue weighted by atomic mass is 10.2. The molecule has 0 fully saturated rings. The third kappa shape index (κ3) is 2.89. The predicted octanol–water partition coefficient (Wildman–Crippen LogP) is 3.19. The van der Waals surface area contributed by atoms with Gasteiger partial charge in [0.15, 0.2) is 5.82 Å². The molecule has 0 unspecified atom stereocenters. The fourth-order valence-corrected chi connectivity index (χ4v) is 2.98. The Morgan fingerprint density at radius 1 is 1.14 bits per heavy atom. The molecular weight excluding hydrogens is 274 g/mol. The Kier molecular flexibility index (Phi) is 4.51. The summed E-state index contributed by atoms with van der Waals surface area (Å²) >= 11 is 0. The van der Waals surface area contributed by atoms with Crippen LogP contribution in [0.3, 0.4) is 0 Å². The first-order chi connectivity index (χ1) is 10.8. The van der Waals surface area contributed by atoms with E-state index in [0.717, 1.165) is 50.7 Å². The van der Waals surface area contributed by atoms with Gasteiger partial charge in [-0.1, -0.05) is 32.0 Å². The number of fused-ring (bicyclic) bond motifs is 1. The van der Waals surface area contributed by atoms with E-state index in [0.29, 0.717) is 0 Å². The largest absolute Gasteiger partial charge is 0.339 e. The van der Waals surface area contributed by atoms with Crippen LogP contribution in [0, 0.1) is 0 Å². The maximum Gasteiger partial charge on any atom is 0.247 e. The van der Waals surface area contributed by atoms with Crippen molar-refractivity contribution in [2.45, 2.75) is 33.1 Å². The molecule has 0 radical (unpaired) electrons. The molecule has 0 saturated heterocycles. The molecule has 0 atom stereocenters. The van der Waals surface area contributed by atoms with E-state index in [2.05, 4.69) is 58.1 Å². The lowest BCUT2D eigenvalue weighted by Crippen LogP contribution is -2.28. The summed E-state index contributed by atoms with van der Waals surface area (Å²) < 4.78 is 0. The summed E-state index contributed by atoms with van der Waals surface area (Å²) in [7, 11) is 0. The van der Waals surface area contributed by atoms with Crippen LogP contribution in [0.25, 0.3) is 0 Å². The van der Waals surface area contributed by atoms with E-state index >= 15 is 0 Å². The SMILES string of the molecule is CCCN(CCC)c1nncc(N2CCc3ccccc32)n1. The molecule has 0 spiro atoms. The molecule has 0 amide bonds. The number of hydrogen-bond acceptors (Lipinski definition) is 5. The van der Waals surface area contributed by atoms with Crippen LogP contribution in [-0.2, 0) is 6.42 Å². The Labute approximate surface area is 132 Å². The standard InChI is InChI=1S/C17H23N5/c1-3-10-21(11-4-2)17-19-16(13-18-20-17)22-12-9-14-7-5-6-8-15(14)22/h5-8,13H,3-4,9-12H2,1-2H3. The van der Waals surface area contributed by atoms with Gasteiger partial charge in [0.2, 0.25) is 5.95 Å². The van der Waals surface area contributed by atoms with Crippen LogP contribution in [0.5, 0.6) is 0 Å². The van der Waals surface area contributed by atoms with Gasteiger partial charge in [-0.2, -0.15) is 10.1 Å². The zero-order valence-electron chi connectivity index (χ0n) is 13.4. The molecule has 0 bridgehead atoms. The van der Waals surface area contributed by atoms with Gasteiger partial charge in [0.05, 0.1) is 6.20 Å². The van der Waals surface area contributed by atoms with Crippen molar-refractivity contribution >= 4 is 17.5 Å². The molecule has 1 aliphatic rings. The lowest BCUT2D eigenvalue weighted by molar-refractivity contribution is 0.708. The number of hydrogen-bond donors (Lipinski definition) is 0. The van der Waals surface area contributed by atoms with Crippen LogP contribution in [0.2, 0.25) is 0 Å². The Bertz CT molecular complexity index is 622. The topological polar surface area (TPSA) is 45.2 Å². The number of nitrogens with zero attached hydrogens (tertiary/aromatic N) is 5. The van der Waals surface area contributed by atoms with Crippen molar-refractivity contribution in [1.29, 1.82) is 0 Å². The van der Waals surface area contributed by atoms with Gasteiger partial charge in [0.25, 0.3) is 0 Å². The van der Waals surface area contributed by atoms with Crippen molar-refractivity contribution in [2.24, 2.45) is 0 Å². The monoisotopic (exact) mass is 297 g/mol. The van der Waals surface area contributed by atoms with Gasteiger partial charge in [-0.15, -0.1) is 5.10 Å². The first-order valence-electron chi connectivity index (χ1n) is 8.13. The molecule has 5 nitrogen and oxygen atoms in total. The highest BCUT2D eigenvalue weighted by Gasteiger charge is 2.22. The fourth-order valence-electron chi connectivity index (χ4n) is 2.98. The minimum Gasteiger partial charge on any atom is -0.339 e. The molecule has 2 aromatic rings. The van der Waals surface area contributed by atoms with E-state index < -0.39 is 0 Å². The van der Waals surface area contributed by atoms with Gasteiger partial charge >= 0.3 is 0 Å². The van der Waals surface area contributed by atoms with Crippen LogP contribution < -0.4 is 9.80 Å². The van der Waals surface area contributed by atoms with E-state index in [1.165, 1.54) is 11.3 Å². The van der Waals surface area contributed by atoms with E-state index in [1.807, 2.05) is 0 Å². The number of anilines is 3. The molecule has 0 saturated carbocycles. The van der Waals surface area contributed by atoms with Gasteiger partial charge in [-0.05, 0) is 30.9 Å². The summed E-state index contributed by atoms with van der Waals surface area (Å²) in [5, 5.41) is 8.43. The van der Waals surface area contributed by atoms with Crippen molar-refractivity contribution in [3.8, 4) is 0 Å². The molecule has 0 N–H and O–H groups in total. The highest BCUT2D eigenvalue weighted by Crippen LogP contribution is 2.33. The summed E-state index contributed by atoms with van der Waals surface area (Å²) in [6.07, 6.45) is 4.99. The highest BCUT2D eigenvalue weighted by atomic mass is 15.3. The molecule has 22 heavy (non-hydrogen) atoms. The Morgan fingerprint density at radius 3 is 2.68 bits per heavy atom. The fraction of sp³-hybridized carbons (Fsp3) is 0.471. The summed E-state index contributed by atoms with van der Waals surface area (Å²) in [4.78, 5) is 9.23. The normalized spacial score (nSPS) is 13.3. The first-order valence-corrected chi connectivity index (χ1v) is 8.13. The van der Waals surface area contributed by atoms with Crippen molar-refractivity contribution in [1.82, 2.24) is 15.2 Å². The van der Waals surface area contributed by atoms with Gasteiger partial charge in [0, 0.05) is 25.3 Å². The van der Waals surface area contributed by atoms with Crippen molar-refractivity contribution < 1.29 is 0 Å². The summed E-state index contributed by atoms with van der Waals surface area (Å²) in [5.41, 5.74) is 2.62. The Morgan fingerprint density at radius 2 is 1.91 bits per heavy atom. The molecule has 1 aromatic heterocycles. The first kappa shape index (κ1) is 14.8. The number of para-hydroxylation sites is 1. The van der Waals surface area contributed by atoms with Crippen LogP contribution in [0.1, 0.15) is 32.3 Å². The molecule has 1 aromatic carbocycles. The van der Waals surface area contributed by atoms with Gasteiger partial charge in [0.1, 0.15) is 0 Å². The molecule has 3 rings (SSSR count). The third-order valence-electron chi connectivity index (χ3n) is 3.97. The third-order valence-corrected chi connectivity index (χ3v) is 3.97. The molecular formula is C17H23N5. The van der Waals surface area contributed by atoms with Crippen LogP contribution in [0.15, 0.2) is 30.5 Å². The molecule has 5 heteroatoms. The van der Waals surface area contributed by atoms with Gasteiger partial charge in [-0.25, -0.2) is 0 Å². The second kappa shape index (κ2) is 6.73. The zero-order chi connectivity index (χ0) is 15.4. The average molecular weight is 297 g/mol. The summed E-state index contributed by atoms with van der Waals surface area (Å²) in [6.45, 7) is 7.25. The lowest BCUT2D eigenvalue weighted by Gasteiger charge is -2.23. The Hall–Kier alpha value is -2.17. The minimum absolute atomic E-state index is 0.741. The van der Waals surface area contributed by atoms with Gasteiger partial charge in [-0.3, -0.25) is 0 Å². The van der Waals surface area contributed by atoms with E-state index in [4.69, 9.17) is 4.98 Å². The van der Waals surface area contributed by atoms with Crippen molar-refractivity contribution in [2.75, 3.05) is 29.4 Å². The van der Waals surface area contributed by atoms with Gasteiger partial charge < -0.3 is 9.80 Å².